The Hall–Kier alpha value is -0.780. The Morgan fingerprint density at radius 3 is 3.12 bits per heavy atom. The van der Waals surface area contributed by atoms with E-state index in [1.807, 2.05) is 12.1 Å². The number of pyridine rings is 1. The fraction of sp³-hybridized carbons (Fsp3) is 0.333. The van der Waals surface area contributed by atoms with Crippen LogP contribution in [0.15, 0.2) is 28.2 Å². The van der Waals surface area contributed by atoms with Crippen molar-refractivity contribution in [2.75, 3.05) is 13.1 Å². The van der Waals surface area contributed by atoms with Gasteiger partial charge in [0.2, 0.25) is 0 Å². The third-order valence-corrected chi connectivity index (χ3v) is 3.86. The Labute approximate surface area is 113 Å². The van der Waals surface area contributed by atoms with Gasteiger partial charge in [0, 0.05) is 29.0 Å². The summed E-state index contributed by atoms with van der Waals surface area (Å²) in [5.74, 6) is 0. The van der Waals surface area contributed by atoms with Gasteiger partial charge in [-0.25, -0.2) is 4.98 Å². The molecule has 2 aromatic rings. The number of thiazole rings is 1. The summed E-state index contributed by atoms with van der Waals surface area (Å²) in [5, 5.41) is 6.38. The number of halogens is 1. The third-order valence-electron chi connectivity index (χ3n) is 2.32. The normalized spacial score (nSPS) is 10.7. The first kappa shape index (κ1) is 12.7. The third kappa shape index (κ3) is 3.34. The highest BCUT2D eigenvalue weighted by molar-refractivity contribution is 9.10. The highest BCUT2D eigenvalue weighted by Crippen LogP contribution is 2.28. The lowest BCUT2D eigenvalue weighted by atomic mass is 10.3. The van der Waals surface area contributed by atoms with E-state index in [1.165, 1.54) is 0 Å². The van der Waals surface area contributed by atoms with E-state index < -0.39 is 0 Å². The Morgan fingerprint density at radius 2 is 2.35 bits per heavy atom. The van der Waals surface area contributed by atoms with Crippen molar-refractivity contribution in [3.8, 4) is 10.7 Å². The van der Waals surface area contributed by atoms with E-state index >= 15 is 0 Å². The minimum atomic E-state index is 0.923. The molecule has 0 unspecified atom stereocenters. The summed E-state index contributed by atoms with van der Waals surface area (Å²) in [7, 11) is 0. The van der Waals surface area contributed by atoms with Crippen molar-refractivity contribution in [3.05, 3.63) is 33.9 Å². The first-order chi connectivity index (χ1) is 8.31. The van der Waals surface area contributed by atoms with Gasteiger partial charge in [-0.15, -0.1) is 11.3 Å². The fourth-order valence-corrected chi connectivity index (χ4v) is 2.90. The van der Waals surface area contributed by atoms with Crippen molar-refractivity contribution in [2.45, 2.75) is 13.3 Å². The number of hydrogen-bond donors (Lipinski definition) is 1. The van der Waals surface area contributed by atoms with Crippen LogP contribution in [0.5, 0.6) is 0 Å². The molecule has 90 valence electrons. The van der Waals surface area contributed by atoms with E-state index in [4.69, 9.17) is 0 Å². The van der Waals surface area contributed by atoms with Gasteiger partial charge in [0.15, 0.2) is 0 Å². The summed E-state index contributed by atoms with van der Waals surface area (Å²) in [5.41, 5.74) is 2.05. The maximum atomic E-state index is 4.60. The molecule has 0 bridgehead atoms. The molecule has 0 saturated heterocycles. The van der Waals surface area contributed by atoms with E-state index in [0.717, 1.165) is 40.4 Å². The number of aromatic nitrogens is 2. The van der Waals surface area contributed by atoms with Crippen LogP contribution in [-0.2, 0) is 6.42 Å². The molecule has 5 heteroatoms. The van der Waals surface area contributed by atoms with Gasteiger partial charge in [0.05, 0.1) is 5.69 Å². The fourth-order valence-electron chi connectivity index (χ4n) is 1.47. The van der Waals surface area contributed by atoms with E-state index in [1.54, 1.807) is 17.5 Å². The zero-order valence-corrected chi connectivity index (χ0v) is 12.0. The number of likely N-dealkylation sites (N-methyl/N-ethyl adjacent to an activating group) is 1. The first-order valence-electron chi connectivity index (χ1n) is 5.57. The van der Waals surface area contributed by atoms with E-state index in [0.29, 0.717) is 0 Å². The predicted molar refractivity (Wildman–Crippen MR) is 75.3 cm³/mol. The van der Waals surface area contributed by atoms with Gasteiger partial charge in [-0.3, -0.25) is 4.98 Å². The van der Waals surface area contributed by atoms with Crippen molar-refractivity contribution in [1.29, 1.82) is 0 Å². The monoisotopic (exact) mass is 311 g/mol. The molecule has 3 nitrogen and oxygen atoms in total. The van der Waals surface area contributed by atoms with Gasteiger partial charge in [0.25, 0.3) is 0 Å². The molecule has 0 spiro atoms. The van der Waals surface area contributed by atoms with E-state index in [2.05, 4.69) is 43.5 Å². The van der Waals surface area contributed by atoms with Gasteiger partial charge in [0.1, 0.15) is 10.7 Å². The lowest BCUT2D eigenvalue weighted by Gasteiger charge is -1.99. The van der Waals surface area contributed by atoms with Crippen molar-refractivity contribution in [2.24, 2.45) is 0 Å². The summed E-state index contributed by atoms with van der Waals surface area (Å²) < 4.78 is 0.993. The van der Waals surface area contributed by atoms with Gasteiger partial charge < -0.3 is 5.32 Å². The minimum Gasteiger partial charge on any atom is -0.317 e. The highest BCUT2D eigenvalue weighted by atomic mass is 79.9. The summed E-state index contributed by atoms with van der Waals surface area (Å²) >= 11 is 5.14. The SMILES string of the molecule is CCNCCc1csc(-c2ncccc2Br)n1. The van der Waals surface area contributed by atoms with Crippen molar-refractivity contribution < 1.29 is 0 Å². The highest BCUT2D eigenvalue weighted by Gasteiger charge is 2.08. The quantitative estimate of drug-likeness (QED) is 0.862. The Balaban J connectivity index is 2.10. The van der Waals surface area contributed by atoms with Crippen LogP contribution in [0.25, 0.3) is 10.7 Å². The van der Waals surface area contributed by atoms with Gasteiger partial charge in [-0.05, 0) is 34.6 Å². The standard InChI is InChI=1S/C12H14BrN3S/c1-2-14-7-5-9-8-17-12(16-9)11-10(13)4-3-6-15-11/h3-4,6,8,14H,2,5,7H2,1H3. The molecule has 1 N–H and O–H groups in total. The molecule has 0 radical (unpaired) electrons. The zero-order chi connectivity index (χ0) is 12.1. The molecule has 0 saturated carbocycles. The molecule has 2 aromatic heterocycles. The van der Waals surface area contributed by atoms with Crippen LogP contribution >= 0.6 is 27.3 Å². The van der Waals surface area contributed by atoms with Crippen LogP contribution < -0.4 is 5.32 Å². The molecule has 0 aliphatic carbocycles. The molecule has 0 fully saturated rings. The van der Waals surface area contributed by atoms with Gasteiger partial charge in [-0.2, -0.15) is 0 Å². The maximum Gasteiger partial charge on any atom is 0.143 e. The van der Waals surface area contributed by atoms with Crippen LogP contribution in [0, 0.1) is 0 Å². The number of nitrogens with one attached hydrogen (secondary N) is 1. The smallest absolute Gasteiger partial charge is 0.143 e. The molecule has 0 atom stereocenters. The Morgan fingerprint density at radius 1 is 1.47 bits per heavy atom. The average molecular weight is 312 g/mol. The first-order valence-corrected chi connectivity index (χ1v) is 7.24. The molecule has 2 rings (SSSR count). The van der Waals surface area contributed by atoms with Crippen molar-refractivity contribution in [1.82, 2.24) is 15.3 Å². The number of hydrogen-bond acceptors (Lipinski definition) is 4. The number of rotatable bonds is 5. The van der Waals surface area contributed by atoms with Crippen LogP contribution in [0.3, 0.4) is 0 Å². The minimum absolute atomic E-state index is 0.923. The molecule has 0 aliphatic rings. The van der Waals surface area contributed by atoms with Crippen molar-refractivity contribution in [3.63, 3.8) is 0 Å². The van der Waals surface area contributed by atoms with Crippen molar-refractivity contribution >= 4 is 27.3 Å². The summed E-state index contributed by atoms with van der Waals surface area (Å²) in [6.45, 7) is 4.09. The second-order valence-corrected chi connectivity index (χ2v) is 5.29. The topological polar surface area (TPSA) is 37.8 Å². The molecule has 0 amide bonds. The molecule has 2 heterocycles. The van der Waals surface area contributed by atoms with Crippen LogP contribution in [0.1, 0.15) is 12.6 Å². The Kier molecular flexibility index (Phi) is 4.65. The van der Waals surface area contributed by atoms with Gasteiger partial charge in [-0.1, -0.05) is 6.92 Å². The van der Waals surface area contributed by atoms with E-state index in [9.17, 15) is 0 Å². The molecule has 0 aliphatic heterocycles. The number of nitrogens with zero attached hydrogens (tertiary/aromatic N) is 2. The lowest BCUT2D eigenvalue weighted by Crippen LogP contribution is -2.16. The largest absolute Gasteiger partial charge is 0.317 e. The lowest BCUT2D eigenvalue weighted by molar-refractivity contribution is 0.710. The zero-order valence-electron chi connectivity index (χ0n) is 9.61. The molecular formula is C12H14BrN3S. The maximum absolute atomic E-state index is 4.60. The average Bonchev–Trinajstić information content (AvgIpc) is 2.79. The van der Waals surface area contributed by atoms with Crippen LogP contribution in [0.4, 0.5) is 0 Å². The van der Waals surface area contributed by atoms with E-state index in [-0.39, 0.29) is 0 Å². The van der Waals surface area contributed by atoms with Gasteiger partial charge >= 0.3 is 0 Å². The predicted octanol–water partition coefficient (Wildman–Crippen LogP) is 3.12. The summed E-state index contributed by atoms with van der Waals surface area (Å²) in [6.07, 6.45) is 2.76. The molecule has 0 aromatic carbocycles. The van der Waals surface area contributed by atoms with Crippen LogP contribution in [-0.4, -0.2) is 23.1 Å². The summed E-state index contributed by atoms with van der Waals surface area (Å²) in [4.78, 5) is 8.94. The molecular weight excluding hydrogens is 298 g/mol. The second-order valence-electron chi connectivity index (χ2n) is 3.58. The molecule has 17 heavy (non-hydrogen) atoms. The van der Waals surface area contributed by atoms with Crippen LogP contribution in [0.2, 0.25) is 0 Å². The summed E-state index contributed by atoms with van der Waals surface area (Å²) in [6, 6.07) is 3.90. The second kappa shape index (κ2) is 6.23. The Bertz CT molecular complexity index is 484.